The predicted molar refractivity (Wildman–Crippen MR) is 96.5 cm³/mol. The second-order valence-corrected chi connectivity index (χ2v) is 6.90. The van der Waals surface area contributed by atoms with Crippen molar-refractivity contribution in [1.29, 1.82) is 0 Å². The van der Waals surface area contributed by atoms with Crippen molar-refractivity contribution in [3.63, 3.8) is 0 Å². The van der Waals surface area contributed by atoms with Crippen LogP contribution in [0.25, 0.3) is 0 Å². The number of piperidine rings is 1. The van der Waals surface area contributed by atoms with Crippen LogP contribution < -0.4 is 10.2 Å². The average molecular weight is 331 g/mol. The minimum atomic E-state index is -0.179. The van der Waals surface area contributed by atoms with Gasteiger partial charge in [-0.15, -0.1) is 0 Å². The second kappa shape index (κ2) is 7.53. The summed E-state index contributed by atoms with van der Waals surface area (Å²) in [7, 11) is 0. The molecule has 0 unspecified atom stereocenters. The van der Waals surface area contributed by atoms with Crippen LogP contribution >= 0.6 is 0 Å². The smallest absolute Gasteiger partial charge is 0.338 e. The highest BCUT2D eigenvalue weighted by molar-refractivity contribution is 5.93. The predicted octanol–water partition coefficient (Wildman–Crippen LogP) is 2.11. The molecule has 0 spiro atoms. The molecule has 0 aromatic heterocycles. The van der Waals surface area contributed by atoms with E-state index in [1.54, 1.807) is 0 Å². The maximum atomic E-state index is 11.5. The summed E-state index contributed by atoms with van der Waals surface area (Å²) in [4.78, 5) is 16.6. The lowest BCUT2D eigenvalue weighted by atomic mass is 9.95. The van der Waals surface area contributed by atoms with Crippen LogP contribution in [0.5, 0.6) is 0 Å². The van der Waals surface area contributed by atoms with Crippen molar-refractivity contribution in [2.24, 2.45) is 5.92 Å². The van der Waals surface area contributed by atoms with E-state index in [0.29, 0.717) is 6.61 Å². The van der Waals surface area contributed by atoms with Crippen LogP contribution in [-0.4, -0.2) is 56.7 Å². The molecule has 0 saturated carbocycles. The largest absolute Gasteiger partial charge is 0.457 e. The number of hydrogen-bond acceptors (Lipinski definition) is 5. The first-order valence-corrected chi connectivity index (χ1v) is 8.78. The number of anilines is 1. The molecule has 1 N–H and O–H groups in total. The van der Waals surface area contributed by atoms with Crippen LogP contribution in [0.15, 0.2) is 18.2 Å². The van der Waals surface area contributed by atoms with Crippen molar-refractivity contribution in [3.8, 4) is 0 Å². The maximum absolute atomic E-state index is 11.5. The van der Waals surface area contributed by atoms with Crippen LogP contribution in [0, 0.1) is 5.92 Å². The van der Waals surface area contributed by atoms with Crippen LogP contribution in [0.1, 0.15) is 36.2 Å². The van der Waals surface area contributed by atoms with Crippen molar-refractivity contribution in [2.45, 2.75) is 26.9 Å². The molecule has 4 rings (SSSR count). The number of piperazine rings is 1. The summed E-state index contributed by atoms with van der Waals surface area (Å²) in [5, 5.41) is 3.42. The standard InChI is InChI=1S/C18H25N3O2.CH4/c22-18-17-2-1-16(11-15(17)13-23-18)21-7-3-14(4-8-21)12-20-9-5-19-6-10-20;/h1-2,11,14,19H,3-10,12-13H2;1H4. The Labute approximate surface area is 145 Å². The molecule has 2 saturated heterocycles. The van der Waals surface area contributed by atoms with Crippen molar-refractivity contribution in [2.75, 3.05) is 50.7 Å². The Hall–Kier alpha value is -1.59. The Bertz CT molecular complexity index is 576. The van der Waals surface area contributed by atoms with Gasteiger partial charge in [-0.05, 0) is 37.0 Å². The zero-order valence-corrected chi connectivity index (χ0v) is 13.6. The van der Waals surface area contributed by atoms with E-state index in [9.17, 15) is 4.79 Å². The molecular weight excluding hydrogens is 302 g/mol. The van der Waals surface area contributed by atoms with E-state index in [1.807, 2.05) is 6.07 Å². The Kier molecular flexibility index (Phi) is 5.41. The Morgan fingerprint density at radius 2 is 1.88 bits per heavy atom. The van der Waals surface area contributed by atoms with E-state index in [-0.39, 0.29) is 13.4 Å². The Morgan fingerprint density at radius 3 is 2.62 bits per heavy atom. The molecular formula is C19H29N3O2. The fraction of sp³-hybridized carbons (Fsp3) is 0.632. The highest BCUT2D eigenvalue weighted by atomic mass is 16.5. The van der Waals surface area contributed by atoms with Crippen molar-refractivity contribution in [3.05, 3.63) is 29.3 Å². The number of ether oxygens (including phenoxy) is 1. The number of carbonyl (C=O) groups excluding carboxylic acids is 1. The number of fused-ring (bicyclic) bond motifs is 1. The van der Waals surface area contributed by atoms with Crippen LogP contribution in [0.3, 0.4) is 0 Å². The summed E-state index contributed by atoms with van der Waals surface area (Å²) < 4.78 is 5.10. The maximum Gasteiger partial charge on any atom is 0.338 e. The lowest BCUT2D eigenvalue weighted by Crippen LogP contribution is -2.46. The number of nitrogens with zero attached hydrogens (tertiary/aromatic N) is 2. The van der Waals surface area contributed by atoms with Gasteiger partial charge in [0.25, 0.3) is 0 Å². The third-order valence-electron chi connectivity index (χ3n) is 5.37. The number of carbonyl (C=O) groups is 1. The number of hydrogen-bond donors (Lipinski definition) is 1. The molecule has 3 aliphatic rings. The Balaban J connectivity index is 0.00000169. The molecule has 0 bridgehead atoms. The molecule has 5 nitrogen and oxygen atoms in total. The molecule has 3 heterocycles. The number of benzene rings is 1. The Morgan fingerprint density at radius 1 is 1.12 bits per heavy atom. The normalized spacial score (nSPS) is 22.0. The first-order chi connectivity index (χ1) is 11.3. The summed E-state index contributed by atoms with van der Waals surface area (Å²) in [6.07, 6.45) is 2.52. The minimum absolute atomic E-state index is 0. The van der Waals surface area contributed by atoms with E-state index < -0.39 is 0 Å². The second-order valence-electron chi connectivity index (χ2n) is 6.90. The van der Waals surface area contributed by atoms with E-state index in [2.05, 4.69) is 27.2 Å². The highest BCUT2D eigenvalue weighted by Crippen LogP contribution is 2.28. The van der Waals surface area contributed by atoms with E-state index in [1.165, 1.54) is 38.2 Å². The molecule has 0 atom stereocenters. The van der Waals surface area contributed by atoms with Gasteiger partial charge in [-0.2, -0.15) is 0 Å². The van der Waals surface area contributed by atoms with Crippen molar-refractivity contribution >= 4 is 11.7 Å². The van der Waals surface area contributed by atoms with Gasteiger partial charge in [0.15, 0.2) is 0 Å². The molecule has 1 aromatic carbocycles. The van der Waals surface area contributed by atoms with E-state index >= 15 is 0 Å². The zero-order valence-electron chi connectivity index (χ0n) is 13.6. The van der Waals surface area contributed by atoms with Gasteiger partial charge in [-0.3, -0.25) is 0 Å². The number of esters is 1. The van der Waals surface area contributed by atoms with E-state index in [0.717, 1.165) is 43.2 Å². The fourth-order valence-electron chi connectivity index (χ4n) is 3.95. The first-order valence-electron chi connectivity index (χ1n) is 8.78. The SMILES string of the molecule is C.O=C1OCc2cc(N3CCC(CN4CCNCC4)CC3)ccc21. The van der Waals surface area contributed by atoms with Gasteiger partial charge in [-0.1, -0.05) is 7.43 Å². The topological polar surface area (TPSA) is 44.8 Å². The van der Waals surface area contributed by atoms with Gasteiger partial charge in [0, 0.05) is 57.1 Å². The van der Waals surface area contributed by atoms with Crippen LogP contribution in [0.2, 0.25) is 0 Å². The van der Waals surface area contributed by atoms with Gasteiger partial charge >= 0.3 is 5.97 Å². The number of cyclic esters (lactones) is 1. The lowest BCUT2D eigenvalue weighted by Gasteiger charge is -2.37. The summed E-state index contributed by atoms with van der Waals surface area (Å²) in [6.45, 7) is 8.57. The van der Waals surface area contributed by atoms with Crippen LogP contribution in [-0.2, 0) is 11.3 Å². The quantitative estimate of drug-likeness (QED) is 0.860. The van der Waals surface area contributed by atoms with Gasteiger partial charge < -0.3 is 19.9 Å². The molecule has 24 heavy (non-hydrogen) atoms. The van der Waals surface area contributed by atoms with Gasteiger partial charge in [-0.25, -0.2) is 4.79 Å². The van der Waals surface area contributed by atoms with Gasteiger partial charge in [0.1, 0.15) is 6.61 Å². The first kappa shape index (κ1) is 17.2. The molecule has 132 valence electrons. The van der Waals surface area contributed by atoms with Crippen molar-refractivity contribution < 1.29 is 9.53 Å². The summed E-state index contributed by atoms with van der Waals surface area (Å²) in [5.41, 5.74) is 3.01. The summed E-state index contributed by atoms with van der Waals surface area (Å²) in [5.74, 6) is 0.643. The van der Waals surface area contributed by atoms with Crippen molar-refractivity contribution in [1.82, 2.24) is 10.2 Å². The molecule has 3 aliphatic heterocycles. The average Bonchev–Trinajstić information content (AvgIpc) is 2.97. The lowest BCUT2D eigenvalue weighted by molar-refractivity contribution is 0.0535. The third-order valence-corrected chi connectivity index (χ3v) is 5.37. The minimum Gasteiger partial charge on any atom is -0.457 e. The fourth-order valence-corrected chi connectivity index (χ4v) is 3.95. The van der Waals surface area contributed by atoms with Crippen LogP contribution in [0.4, 0.5) is 5.69 Å². The van der Waals surface area contributed by atoms with E-state index in [4.69, 9.17) is 4.74 Å². The van der Waals surface area contributed by atoms with Gasteiger partial charge in [0.05, 0.1) is 5.56 Å². The van der Waals surface area contributed by atoms with Gasteiger partial charge in [0.2, 0.25) is 0 Å². The third kappa shape index (κ3) is 3.57. The molecule has 0 radical (unpaired) electrons. The summed E-state index contributed by atoms with van der Waals surface area (Å²) in [6, 6.07) is 6.13. The molecule has 0 aliphatic carbocycles. The molecule has 1 aromatic rings. The highest BCUT2D eigenvalue weighted by Gasteiger charge is 2.25. The molecule has 5 heteroatoms. The number of rotatable bonds is 3. The zero-order chi connectivity index (χ0) is 15.6. The number of nitrogens with one attached hydrogen (secondary N) is 1. The monoisotopic (exact) mass is 331 g/mol. The molecule has 2 fully saturated rings. The summed E-state index contributed by atoms with van der Waals surface area (Å²) >= 11 is 0. The molecule has 0 amide bonds.